The van der Waals surface area contributed by atoms with Gasteiger partial charge in [-0.15, -0.1) is 0 Å². The number of hydrogen-bond donors (Lipinski definition) is 1. The molecule has 0 fully saturated rings. The van der Waals surface area contributed by atoms with E-state index in [1.165, 1.54) is 11.1 Å². The van der Waals surface area contributed by atoms with E-state index in [4.69, 9.17) is 9.47 Å². The van der Waals surface area contributed by atoms with Gasteiger partial charge in [0.15, 0.2) is 5.78 Å². The Morgan fingerprint density at radius 2 is 1.31 bits per heavy atom. The molecule has 0 atom stereocenters. The Morgan fingerprint density at radius 3 is 1.97 bits per heavy atom. The molecule has 5 rings (SSSR count). The minimum Gasteiger partial charge on any atom is -0.489 e. The predicted octanol–water partition coefficient (Wildman–Crippen LogP) is 5.92. The lowest BCUT2D eigenvalue weighted by atomic mass is 9.98. The van der Waals surface area contributed by atoms with Gasteiger partial charge in [-0.25, -0.2) is 4.79 Å². The monoisotopic (exact) mass is 477 g/mol. The molecular weight excluding hydrogens is 450 g/mol. The van der Waals surface area contributed by atoms with Crippen LogP contribution in [0, 0.1) is 0 Å². The number of hydrogen-bond acceptors (Lipinski definition) is 4. The second-order valence-corrected chi connectivity index (χ2v) is 8.81. The molecule has 0 saturated carbocycles. The van der Waals surface area contributed by atoms with Crippen LogP contribution < -0.4 is 10.1 Å². The van der Waals surface area contributed by atoms with Gasteiger partial charge in [0.1, 0.15) is 19.0 Å². The fraction of sp³-hybridized carbons (Fsp3) is 0.161. The van der Waals surface area contributed by atoms with Crippen LogP contribution in [0.2, 0.25) is 0 Å². The summed E-state index contributed by atoms with van der Waals surface area (Å²) in [6, 6.07) is 33.7. The van der Waals surface area contributed by atoms with Gasteiger partial charge in [-0.2, -0.15) is 0 Å². The quantitative estimate of drug-likeness (QED) is 0.325. The van der Waals surface area contributed by atoms with E-state index in [0.29, 0.717) is 6.61 Å². The highest BCUT2D eigenvalue weighted by Crippen LogP contribution is 2.44. The zero-order valence-electron chi connectivity index (χ0n) is 19.9. The number of alkyl carbamates (subject to hydrolysis) is 1. The highest BCUT2D eigenvalue weighted by Gasteiger charge is 2.29. The topological polar surface area (TPSA) is 64.6 Å². The van der Waals surface area contributed by atoms with Crippen LogP contribution in [0.1, 0.15) is 28.2 Å². The predicted molar refractivity (Wildman–Crippen MR) is 139 cm³/mol. The standard InChI is InChI=1S/C31H27NO4/c33-24(18-22-14-16-25(17-15-22)35-20-23-8-2-1-3-9-23)19-32-31(34)36-21-30-28-12-6-4-10-26(28)27-11-5-7-13-29(27)30/h1-17,30H,18-21H2,(H,32,34). The van der Waals surface area contributed by atoms with Crippen molar-refractivity contribution in [2.45, 2.75) is 18.9 Å². The smallest absolute Gasteiger partial charge is 0.407 e. The number of fused-ring (bicyclic) bond motifs is 3. The molecule has 1 amide bonds. The van der Waals surface area contributed by atoms with Crippen molar-refractivity contribution >= 4 is 11.9 Å². The Kier molecular flexibility index (Phi) is 7.08. The van der Waals surface area contributed by atoms with Crippen LogP contribution in [0.3, 0.4) is 0 Å². The van der Waals surface area contributed by atoms with Crippen LogP contribution in [0.4, 0.5) is 4.79 Å². The maximum absolute atomic E-state index is 12.4. The van der Waals surface area contributed by atoms with Crippen molar-refractivity contribution in [2.75, 3.05) is 13.2 Å². The summed E-state index contributed by atoms with van der Waals surface area (Å²) in [5.74, 6) is 0.634. The van der Waals surface area contributed by atoms with Crippen LogP contribution in [-0.4, -0.2) is 25.0 Å². The van der Waals surface area contributed by atoms with E-state index in [0.717, 1.165) is 28.0 Å². The molecule has 0 heterocycles. The summed E-state index contributed by atoms with van der Waals surface area (Å²) in [6.45, 7) is 0.630. The summed E-state index contributed by atoms with van der Waals surface area (Å²) in [5, 5.41) is 2.59. The molecule has 1 aliphatic rings. The molecule has 1 aliphatic carbocycles. The van der Waals surface area contributed by atoms with Crippen molar-refractivity contribution < 1.29 is 19.1 Å². The SMILES string of the molecule is O=C(CNC(=O)OCC1c2ccccc2-c2ccccc21)Cc1ccc(OCc2ccccc2)cc1. The maximum atomic E-state index is 12.4. The molecule has 36 heavy (non-hydrogen) atoms. The van der Waals surface area contributed by atoms with Crippen LogP contribution in [0.25, 0.3) is 11.1 Å². The molecular formula is C31H27NO4. The molecule has 180 valence electrons. The van der Waals surface area contributed by atoms with Gasteiger partial charge >= 0.3 is 6.09 Å². The van der Waals surface area contributed by atoms with Gasteiger partial charge in [0.05, 0.1) is 6.54 Å². The Labute approximate surface area is 210 Å². The summed E-state index contributed by atoms with van der Waals surface area (Å²) in [4.78, 5) is 24.7. The lowest BCUT2D eigenvalue weighted by Crippen LogP contribution is -2.31. The number of ether oxygens (including phenoxy) is 2. The average Bonchev–Trinajstić information content (AvgIpc) is 3.24. The molecule has 0 bridgehead atoms. The molecule has 1 N–H and O–H groups in total. The molecule has 4 aromatic carbocycles. The first-order chi connectivity index (χ1) is 17.7. The van der Waals surface area contributed by atoms with Crippen LogP contribution in [0.15, 0.2) is 103 Å². The van der Waals surface area contributed by atoms with E-state index in [-0.39, 0.29) is 31.3 Å². The zero-order valence-corrected chi connectivity index (χ0v) is 19.9. The van der Waals surface area contributed by atoms with Crippen molar-refractivity contribution in [1.29, 1.82) is 0 Å². The fourth-order valence-electron chi connectivity index (χ4n) is 4.55. The van der Waals surface area contributed by atoms with Crippen molar-refractivity contribution in [1.82, 2.24) is 5.32 Å². The number of carbonyl (C=O) groups excluding carboxylic acids is 2. The summed E-state index contributed by atoms with van der Waals surface area (Å²) in [5.41, 5.74) is 6.61. The largest absolute Gasteiger partial charge is 0.489 e. The fourth-order valence-corrected chi connectivity index (χ4v) is 4.55. The minimum atomic E-state index is -0.588. The number of nitrogens with one attached hydrogen (secondary N) is 1. The number of amides is 1. The molecule has 0 spiro atoms. The number of benzene rings is 4. The molecule has 4 aromatic rings. The lowest BCUT2D eigenvalue weighted by Gasteiger charge is -2.14. The van der Waals surface area contributed by atoms with E-state index < -0.39 is 6.09 Å². The Hall–Kier alpha value is -4.38. The van der Waals surface area contributed by atoms with E-state index >= 15 is 0 Å². The van der Waals surface area contributed by atoms with Gasteiger partial charge in [-0.1, -0.05) is 91.0 Å². The van der Waals surface area contributed by atoms with E-state index in [1.54, 1.807) is 0 Å². The van der Waals surface area contributed by atoms with Crippen molar-refractivity contribution in [2.24, 2.45) is 0 Å². The van der Waals surface area contributed by atoms with Crippen molar-refractivity contribution in [3.63, 3.8) is 0 Å². The summed E-state index contributed by atoms with van der Waals surface area (Å²) < 4.78 is 11.3. The van der Waals surface area contributed by atoms with Crippen LogP contribution >= 0.6 is 0 Å². The van der Waals surface area contributed by atoms with Crippen LogP contribution in [-0.2, 0) is 22.6 Å². The highest BCUT2D eigenvalue weighted by molar-refractivity contribution is 5.86. The molecule has 5 nitrogen and oxygen atoms in total. The Bertz CT molecular complexity index is 1300. The molecule has 0 aliphatic heterocycles. The molecule has 0 unspecified atom stereocenters. The van der Waals surface area contributed by atoms with E-state index in [9.17, 15) is 9.59 Å². The number of Topliss-reactive ketones (excluding diaryl/α,β-unsaturated/α-hetero) is 1. The van der Waals surface area contributed by atoms with Crippen LogP contribution in [0.5, 0.6) is 5.75 Å². The average molecular weight is 478 g/mol. The second kappa shape index (κ2) is 10.9. The van der Waals surface area contributed by atoms with Crippen molar-refractivity contribution in [3.8, 4) is 16.9 Å². The second-order valence-electron chi connectivity index (χ2n) is 8.81. The third kappa shape index (κ3) is 5.47. The minimum absolute atomic E-state index is 0.0125. The lowest BCUT2D eigenvalue weighted by molar-refractivity contribution is -0.117. The van der Waals surface area contributed by atoms with E-state index in [2.05, 4.69) is 29.6 Å². The van der Waals surface area contributed by atoms with Gasteiger partial charge in [0.2, 0.25) is 0 Å². The first-order valence-corrected chi connectivity index (χ1v) is 12.0. The summed E-state index contributed by atoms with van der Waals surface area (Å²) in [6.07, 6.45) is -0.363. The molecule has 0 aromatic heterocycles. The third-order valence-electron chi connectivity index (χ3n) is 6.35. The maximum Gasteiger partial charge on any atom is 0.407 e. The number of ketones is 1. The highest BCUT2D eigenvalue weighted by atomic mass is 16.5. The van der Waals surface area contributed by atoms with E-state index in [1.807, 2.05) is 78.9 Å². The summed E-state index contributed by atoms with van der Waals surface area (Å²) in [7, 11) is 0. The zero-order chi connectivity index (χ0) is 24.7. The van der Waals surface area contributed by atoms with Gasteiger partial charge in [-0.3, -0.25) is 4.79 Å². The van der Waals surface area contributed by atoms with Gasteiger partial charge in [0, 0.05) is 12.3 Å². The van der Waals surface area contributed by atoms with Gasteiger partial charge in [-0.05, 0) is 45.5 Å². The molecule has 5 heteroatoms. The van der Waals surface area contributed by atoms with Gasteiger partial charge < -0.3 is 14.8 Å². The van der Waals surface area contributed by atoms with Gasteiger partial charge in [0.25, 0.3) is 0 Å². The Balaban J connectivity index is 1.08. The third-order valence-corrected chi connectivity index (χ3v) is 6.35. The first kappa shape index (κ1) is 23.4. The first-order valence-electron chi connectivity index (χ1n) is 12.0. The normalized spacial score (nSPS) is 11.9. The summed E-state index contributed by atoms with van der Waals surface area (Å²) >= 11 is 0. The molecule has 0 saturated heterocycles. The number of rotatable bonds is 9. The number of carbonyl (C=O) groups is 2. The molecule has 0 radical (unpaired) electrons. The van der Waals surface area contributed by atoms with Crippen molar-refractivity contribution in [3.05, 3.63) is 125 Å². The Morgan fingerprint density at radius 1 is 0.694 bits per heavy atom.